The third kappa shape index (κ3) is 18.7. The highest BCUT2D eigenvalue weighted by Crippen LogP contribution is 2.13. The molecule has 0 saturated heterocycles. The van der Waals surface area contributed by atoms with Gasteiger partial charge in [-0.15, -0.1) is 0 Å². The van der Waals surface area contributed by atoms with Crippen molar-refractivity contribution in [2.75, 3.05) is 7.11 Å². The minimum atomic E-state index is -1.67. The highest BCUT2D eigenvalue weighted by molar-refractivity contribution is 5.99. The standard InChI is InChI=1S/C48H72N8O11/c1-27(2)35(41(61)49-29(5)37(57)52-34(26-32-23-19-16-20-24-32)40(60)56-48(12,13)44(64)66-14)53-43(63)47(10,11)55-39(59)33(25-31-21-17-15-18-22-31)51-38(58)30(6)50-42(62)36(28(3)4)54-45(65)67-46(7,8)9/h15-24,27-30,33-36H,25-26H2,1-14H3,(H,49,61)(H,50,62)(H,51,58)(H,52,57)(H,53,63)(H,54,65)(H,55,59)(H,56,60). The molecule has 2 aromatic rings. The summed E-state index contributed by atoms with van der Waals surface area (Å²) in [6.45, 7) is 20.4. The maximum Gasteiger partial charge on any atom is 0.408 e. The molecule has 8 amide bonds. The van der Waals surface area contributed by atoms with Crippen molar-refractivity contribution in [3.63, 3.8) is 0 Å². The first-order valence-corrected chi connectivity index (χ1v) is 22.3. The minimum Gasteiger partial charge on any atom is -0.467 e. The topological polar surface area (TPSA) is 268 Å². The summed E-state index contributed by atoms with van der Waals surface area (Å²) in [7, 11) is 1.19. The Morgan fingerprint density at radius 1 is 0.478 bits per heavy atom. The summed E-state index contributed by atoms with van der Waals surface area (Å²) < 4.78 is 10.1. The van der Waals surface area contributed by atoms with Crippen LogP contribution in [0.15, 0.2) is 60.7 Å². The molecule has 0 spiro atoms. The zero-order chi connectivity index (χ0) is 51.0. The summed E-state index contributed by atoms with van der Waals surface area (Å²) >= 11 is 0. The second-order valence-corrected chi connectivity index (χ2v) is 19.2. The second-order valence-electron chi connectivity index (χ2n) is 19.2. The van der Waals surface area contributed by atoms with Gasteiger partial charge in [0.25, 0.3) is 0 Å². The van der Waals surface area contributed by atoms with Crippen LogP contribution in [0.3, 0.4) is 0 Å². The van der Waals surface area contributed by atoms with Crippen LogP contribution < -0.4 is 42.5 Å². The van der Waals surface area contributed by atoms with Crippen molar-refractivity contribution in [2.45, 2.75) is 156 Å². The highest BCUT2D eigenvalue weighted by atomic mass is 16.6. The van der Waals surface area contributed by atoms with Gasteiger partial charge >= 0.3 is 12.1 Å². The largest absolute Gasteiger partial charge is 0.467 e. The molecule has 0 aromatic heterocycles. The van der Waals surface area contributed by atoms with Gasteiger partial charge in [0.15, 0.2) is 0 Å². The maximum absolute atomic E-state index is 14.0. The molecular formula is C48H72N8O11. The Morgan fingerprint density at radius 2 is 0.851 bits per heavy atom. The van der Waals surface area contributed by atoms with Crippen LogP contribution in [-0.2, 0) is 60.7 Å². The summed E-state index contributed by atoms with van der Waals surface area (Å²) in [5, 5.41) is 21.0. The number of carbonyl (C=O) groups excluding carboxylic acids is 9. The van der Waals surface area contributed by atoms with Crippen LogP contribution in [0.4, 0.5) is 4.79 Å². The molecule has 19 nitrogen and oxygen atoms in total. The Balaban J connectivity index is 2.22. The predicted octanol–water partition coefficient (Wildman–Crippen LogP) is 2.10. The van der Waals surface area contributed by atoms with E-state index in [1.807, 2.05) is 0 Å². The summed E-state index contributed by atoms with van der Waals surface area (Å²) in [5.74, 6) is -6.60. The van der Waals surface area contributed by atoms with Crippen molar-refractivity contribution in [1.82, 2.24) is 42.5 Å². The van der Waals surface area contributed by atoms with Crippen LogP contribution in [0.2, 0.25) is 0 Å². The van der Waals surface area contributed by atoms with E-state index in [0.717, 1.165) is 0 Å². The molecule has 0 aliphatic rings. The molecule has 0 radical (unpaired) electrons. The molecule has 19 heteroatoms. The Kier molecular flexibility index (Phi) is 21.0. The van der Waals surface area contributed by atoms with E-state index in [9.17, 15) is 43.2 Å². The van der Waals surface area contributed by atoms with E-state index in [4.69, 9.17) is 9.47 Å². The van der Waals surface area contributed by atoms with Crippen molar-refractivity contribution in [1.29, 1.82) is 0 Å². The van der Waals surface area contributed by atoms with E-state index < -0.39 is 112 Å². The molecule has 0 heterocycles. The first-order chi connectivity index (χ1) is 31.0. The average Bonchev–Trinajstić information content (AvgIpc) is 3.22. The van der Waals surface area contributed by atoms with E-state index >= 15 is 0 Å². The molecule has 0 aliphatic heterocycles. The fourth-order valence-electron chi connectivity index (χ4n) is 6.43. The molecule has 67 heavy (non-hydrogen) atoms. The zero-order valence-corrected chi connectivity index (χ0v) is 41.3. The number of alkyl carbamates (subject to hydrolysis) is 1. The molecule has 6 atom stereocenters. The third-order valence-corrected chi connectivity index (χ3v) is 10.3. The number of rotatable bonds is 22. The van der Waals surface area contributed by atoms with Crippen molar-refractivity contribution in [2.24, 2.45) is 11.8 Å². The lowest BCUT2D eigenvalue weighted by Crippen LogP contribution is -2.64. The quantitative estimate of drug-likeness (QED) is 0.0793. The normalized spacial score (nSPS) is 14.4. The molecular weight excluding hydrogens is 865 g/mol. The van der Waals surface area contributed by atoms with Crippen LogP contribution >= 0.6 is 0 Å². The Bertz CT molecular complexity index is 2050. The molecule has 2 rings (SSSR count). The Labute approximate surface area is 394 Å². The first-order valence-electron chi connectivity index (χ1n) is 22.3. The van der Waals surface area contributed by atoms with Gasteiger partial charge in [0.05, 0.1) is 7.11 Å². The fraction of sp³-hybridized carbons (Fsp3) is 0.562. The molecule has 0 bridgehead atoms. The number of benzene rings is 2. The van der Waals surface area contributed by atoms with Crippen LogP contribution in [-0.4, -0.2) is 113 Å². The zero-order valence-electron chi connectivity index (χ0n) is 41.3. The van der Waals surface area contributed by atoms with Crippen molar-refractivity contribution in [3.8, 4) is 0 Å². The minimum absolute atomic E-state index is 0.000515. The summed E-state index contributed by atoms with van der Waals surface area (Å²) in [5.41, 5.74) is -2.51. The fourth-order valence-corrected chi connectivity index (χ4v) is 6.43. The molecule has 2 aromatic carbocycles. The molecule has 0 saturated carbocycles. The lowest BCUT2D eigenvalue weighted by atomic mass is 9.97. The Morgan fingerprint density at radius 3 is 1.21 bits per heavy atom. The van der Waals surface area contributed by atoms with Gasteiger partial charge in [-0.25, -0.2) is 9.59 Å². The van der Waals surface area contributed by atoms with Gasteiger partial charge in [-0.3, -0.25) is 33.6 Å². The average molecular weight is 937 g/mol. The highest BCUT2D eigenvalue weighted by Gasteiger charge is 2.38. The summed E-state index contributed by atoms with van der Waals surface area (Å²) in [6.07, 6.45) is -0.752. The van der Waals surface area contributed by atoms with E-state index in [-0.39, 0.29) is 18.8 Å². The number of ether oxygens (including phenoxy) is 2. The summed E-state index contributed by atoms with van der Waals surface area (Å²) in [6, 6.07) is 10.6. The van der Waals surface area contributed by atoms with E-state index in [1.54, 1.807) is 109 Å². The van der Waals surface area contributed by atoms with Crippen molar-refractivity contribution in [3.05, 3.63) is 71.8 Å². The number of esters is 1. The molecule has 0 fully saturated rings. The van der Waals surface area contributed by atoms with Crippen LogP contribution in [0.25, 0.3) is 0 Å². The molecule has 8 N–H and O–H groups in total. The summed E-state index contributed by atoms with van der Waals surface area (Å²) in [4.78, 5) is 120. The van der Waals surface area contributed by atoms with Gasteiger partial charge in [0, 0.05) is 12.8 Å². The van der Waals surface area contributed by atoms with Gasteiger partial charge in [-0.2, -0.15) is 0 Å². The van der Waals surface area contributed by atoms with Gasteiger partial charge in [0.1, 0.15) is 52.9 Å². The monoisotopic (exact) mass is 937 g/mol. The third-order valence-electron chi connectivity index (χ3n) is 10.3. The molecule has 6 unspecified atom stereocenters. The van der Waals surface area contributed by atoms with Crippen molar-refractivity contribution >= 4 is 53.4 Å². The number of amides is 8. The number of carbonyl (C=O) groups is 9. The van der Waals surface area contributed by atoms with Crippen LogP contribution in [0.5, 0.6) is 0 Å². The SMILES string of the molecule is COC(=O)C(C)(C)NC(=O)C(Cc1ccccc1)NC(=O)C(C)NC(=O)C(NC(=O)C(C)(C)NC(=O)C(Cc1ccccc1)NC(=O)C(C)NC(=O)C(NC(=O)OC(C)(C)C)C(C)C)C(C)C. The number of methoxy groups -OCH3 is 1. The van der Waals surface area contributed by atoms with Gasteiger partial charge in [-0.1, -0.05) is 88.4 Å². The van der Waals surface area contributed by atoms with Gasteiger partial charge in [0.2, 0.25) is 41.4 Å². The lowest BCUT2D eigenvalue weighted by Gasteiger charge is -2.32. The van der Waals surface area contributed by atoms with Crippen LogP contribution in [0.1, 0.15) is 101 Å². The predicted molar refractivity (Wildman–Crippen MR) is 251 cm³/mol. The smallest absolute Gasteiger partial charge is 0.408 e. The first kappa shape index (κ1) is 56.6. The number of nitrogens with one attached hydrogen (secondary N) is 8. The molecule has 0 aliphatic carbocycles. The van der Waals surface area contributed by atoms with E-state index in [0.29, 0.717) is 11.1 Å². The van der Waals surface area contributed by atoms with Crippen molar-refractivity contribution < 1.29 is 52.6 Å². The van der Waals surface area contributed by atoms with E-state index in [2.05, 4.69) is 42.5 Å². The lowest BCUT2D eigenvalue weighted by molar-refractivity contribution is -0.149. The van der Waals surface area contributed by atoms with E-state index in [1.165, 1.54) is 48.7 Å². The van der Waals surface area contributed by atoms with Gasteiger partial charge in [-0.05, 0) is 85.3 Å². The Hall–Kier alpha value is -6.53. The number of hydrogen-bond donors (Lipinski definition) is 8. The molecule has 370 valence electrons. The van der Waals surface area contributed by atoms with Crippen LogP contribution in [0, 0.1) is 11.8 Å². The number of hydrogen-bond acceptors (Lipinski definition) is 11. The second kappa shape index (κ2) is 24.8. The van der Waals surface area contributed by atoms with Gasteiger partial charge < -0.3 is 52.0 Å². The maximum atomic E-state index is 14.0.